The summed E-state index contributed by atoms with van der Waals surface area (Å²) < 4.78 is 41.1. The molecule has 1 heterocycles. The molecule has 0 saturated heterocycles. The predicted molar refractivity (Wildman–Crippen MR) is 98.9 cm³/mol. The highest BCUT2D eigenvalue weighted by Crippen LogP contribution is 2.50. The van der Waals surface area contributed by atoms with Gasteiger partial charge in [-0.05, 0) is 49.6 Å². The van der Waals surface area contributed by atoms with Crippen LogP contribution in [0.3, 0.4) is 0 Å². The zero-order chi connectivity index (χ0) is 20.6. The molecular formula is C20H17NO7S. The minimum Gasteiger partial charge on any atom is -0.486 e. The number of nitriles is 1. The Morgan fingerprint density at radius 3 is 2.66 bits per heavy atom. The standard InChI is InChI=1S/C20H17NO7S/c21-11-12-7-9-13(10-8-12)29(24,25)28-20(19(22)23)27-17-6-2-4-15-14-3-1-5-16(14)26-18(15)17/h2,4,6-10,14,16,20H,1,3,5H2,(H,22,23). The molecule has 0 spiro atoms. The summed E-state index contributed by atoms with van der Waals surface area (Å²) in [7, 11) is -4.43. The van der Waals surface area contributed by atoms with Crippen LogP contribution in [-0.4, -0.2) is 31.9 Å². The van der Waals surface area contributed by atoms with Gasteiger partial charge in [0.25, 0.3) is 0 Å². The van der Waals surface area contributed by atoms with Gasteiger partial charge >= 0.3 is 22.4 Å². The quantitative estimate of drug-likeness (QED) is 0.564. The van der Waals surface area contributed by atoms with E-state index in [0.717, 1.165) is 37.0 Å². The van der Waals surface area contributed by atoms with Gasteiger partial charge in [0.15, 0.2) is 11.5 Å². The Labute approximate surface area is 167 Å². The molecule has 4 rings (SSSR count). The van der Waals surface area contributed by atoms with E-state index in [1.165, 1.54) is 18.2 Å². The van der Waals surface area contributed by atoms with Crippen molar-refractivity contribution in [3.8, 4) is 17.6 Å². The van der Waals surface area contributed by atoms with Crippen LogP contribution in [0, 0.1) is 11.3 Å². The molecule has 29 heavy (non-hydrogen) atoms. The van der Waals surface area contributed by atoms with E-state index >= 15 is 0 Å². The van der Waals surface area contributed by atoms with Crippen molar-refractivity contribution in [3.63, 3.8) is 0 Å². The highest BCUT2D eigenvalue weighted by molar-refractivity contribution is 7.86. The lowest BCUT2D eigenvalue weighted by atomic mass is 9.97. The molecule has 2 aromatic carbocycles. The number of benzene rings is 2. The number of carbonyl (C=O) groups is 1. The minimum atomic E-state index is -4.43. The van der Waals surface area contributed by atoms with Crippen LogP contribution in [0.5, 0.6) is 11.5 Å². The molecule has 1 saturated carbocycles. The molecule has 2 aliphatic rings. The molecule has 1 aliphatic carbocycles. The summed E-state index contributed by atoms with van der Waals surface area (Å²) >= 11 is 0. The van der Waals surface area contributed by atoms with Crippen molar-refractivity contribution in [1.29, 1.82) is 5.26 Å². The van der Waals surface area contributed by atoms with Gasteiger partial charge in [0.05, 0.1) is 16.5 Å². The van der Waals surface area contributed by atoms with Gasteiger partial charge < -0.3 is 14.6 Å². The average molecular weight is 415 g/mol. The number of nitrogens with zero attached hydrogens (tertiary/aromatic N) is 1. The van der Waals surface area contributed by atoms with E-state index in [9.17, 15) is 18.3 Å². The highest BCUT2D eigenvalue weighted by atomic mass is 32.2. The number of hydrogen-bond donors (Lipinski definition) is 1. The molecule has 2 aromatic rings. The van der Waals surface area contributed by atoms with Gasteiger partial charge in [-0.15, -0.1) is 0 Å². The van der Waals surface area contributed by atoms with Crippen LogP contribution < -0.4 is 9.47 Å². The number of carboxylic acid groups (broad SMARTS) is 1. The highest BCUT2D eigenvalue weighted by Gasteiger charge is 2.40. The Hall–Kier alpha value is -3.09. The number of para-hydroxylation sites is 1. The molecule has 1 N–H and O–H groups in total. The zero-order valence-electron chi connectivity index (χ0n) is 15.1. The SMILES string of the molecule is N#Cc1ccc(S(=O)(=O)OC(Oc2cccc3c2OC2CCCC32)C(=O)O)cc1. The van der Waals surface area contributed by atoms with Gasteiger partial charge in [0, 0.05) is 11.5 Å². The summed E-state index contributed by atoms with van der Waals surface area (Å²) in [6.07, 6.45) is 0.883. The van der Waals surface area contributed by atoms with Crippen molar-refractivity contribution in [2.24, 2.45) is 0 Å². The monoisotopic (exact) mass is 415 g/mol. The number of carboxylic acids is 1. The molecule has 0 radical (unpaired) electrons. The average Bonchev–Trinajstić information content (AvgIpc) is 3.29. The number of ether oxygens (including phenoxy) is 2. The Balaban J connectivity index is 1.57. The van der Waals surface area contributed by atoms with Crippen LogP contribution >= 0.6 is 0 Å². The zero-order valence-corrected chi connectivity index (χ0v) is 16.0. The van der Waals surface area contributed by atoms with E-state index < -0.39 is 22.4 Å². The third-order valence-corrected chi connectivity index (χ3v) is 6.33. The molecule has 0 amide bonds. The first kappa shape index (κ1) is 19.2. The van der Waals surface area contributed by atoms with E-state index in [0.29, 0.717) is 5.75 Å². The lowest BCUT2D eigenvalue weighted by Gasteiger charge is -2.17. The Bertz CT molecular complexity index is 1090. The first-order valence-electron chi connectivity index (χ1n) is 9.01. The topological polar surface area (TPSA) is 123 Å². The van der Waals surface area contributed by atoms with Crippen molar-refractivity contribution in [3.05, 3.63) is 53.6 Å². The summed E-state index contributed by atoms with van der Waals surface area (Å²) in [5, 5.41) is 18.2. The Morgan fingerprint density at radius 2 is 1.97 bits per heavy atom. The van der Waals surface area contributed by atoms with Gasteiger partial charge in [-0.25, -0.2) is 8.98 Å². The van der Waals surface area contributed by atoms with E-state index in [-0.39, 0.29) is 28.2 Å². The normalized spacial score (nSPS) is 20.8. The largest absolute Gasteiger partial charge is 0.486 e. The van der Waals surface area contributed by atoms with Crippen LogP contribution in [0.4, 0.5) is 0 Å². The van der Waals surface area contributed by atoms with Gasteiger partial charge in [-0.2, -0.15) is 13.7 Å². The molecular weight excluding hydrogens is 398 g/mol. The van der Waals surface area contributed by atoms with Crippen LogP contribution in [0.25, 0.3) is 0 Å². The number of fused-ring (bicyclic) bond motifs is 3. The Morgan fingerprint density at radius 1 is 1.21 bits per heavy atom. The smallest absolute Gasteiger partial charge is 0.375 e. The predicted octanol–water partition coefficient (Wildman–Crippen LogP) is 2.78. The van der Waals surface area contributed by atoms with Gasteiger partial charge in [-0.1, -0.05) is 12.1 Å². The molecule has 1 fully saturated rings. The lowest BCUT2D eigenvalue weighted by molar-refractivity contribution is -0.158. The van der Waals surface area contributed by atoms with E-state index in [2.05, 4.69) is 0 Å². The fourth-order valence-electron chi connectivity index (χ4n) is 3.71. The molecule has 8 nitrogen and oxygen atoms in total. The van der Waals surface area contributed by atoms with Crippen LogP contribution in [0.2, 0.25) is 0 Å². The summed E-state index contributed by atoms with van der Waals surface area (Å²) in [5.41, 5.74) is 1.20. The van der Waals surface area contributed by atoms with Crippen LogP contribution in [-0.2, 0) is 19.1 Å². The van der Waals surface area contributed by atoms with Crippen LogP contribution in [0.15, 0.2) is 47.4 Å². The van der Waals surface area contributed by atoms with Gasteiger partial charge in [0.1, 0.15) is 6.10 Å². The fourth-order valence-corrected chi connectivity index (χ4v) is 4.64. The first-order valence-corrected chi connectivity index (χ1v) is 10.4. The maximum absolute atomic E-state index is 12.5. The second kappa shape index (κ2) is 7.39. The lowest BCUT2D eigenvalue weighted by Crippen LogP contribution is -2.32. The molecule has 0 aromatic heterocycles. The summed E-state index contributed by atoms with van der Waals surface area (Å²) in [6.45, 7) is 0. The van der Waals surface area contributed by atoms with Crippen LogP contribution in [0.1, 0.15) is 36.3 Å². The van der Waals surface area contributed by atoms with Crippen molar-refractivity contribution < 1.29 is 32.0 Å². The third kappa shape index (κ3) is 3.64. The van der Waals surface area contributed by atoms with E-state index in [1.54, 1.807) is 6.07 Å². The molecule has 9 heteroatoms. The second-order valence-electron chi connectivity index (χ2n) is 6.84. The van der Waals surface area contributed by atoms with Gasteiger partial charge in [0.2, 0.25) is 0 Å². The third-order valence-electron chi connectivity index (χ3n) is 5.05. The number of aliphatic carboxylic acids is 1. The second-order valence-corrected chi connectivity index (χ2v) is 8.41. The molecule has 0 bridgehead atoms. The minimum absolute atomic E-state index is 0.0290. The summed E-state index contributed by atoms with van der Waals surface area (Å²) in [4.78, 5) is 11.3. The van der Waals surface area contributed by atoms with Crippen molar-refractivity contribution in [2.75, 3.05) is 0 Å². The van der Waals surface area contributed by atoms with E-state index in [4.69, 9.17) is 18.9 Å². The van der Waals surface area contributed by atoms with Gasteiger partial charge in [-0.3, -0.25) is 0 Å². The fraction of sp³-hybridized carbons (Fsp3) is 0.300. The van der Waals surface area contributed by atoms with E-state index in [1.807, 2.05) is 12.1 Å². The maximum atomic E-state index is 12.5. The molecule has 150 valence electrons. The molecule has 1 aliphatic heterocycles. The van der Waals surface area contributed by atoms with Crippen molar-refractivity contribution in [1.82, 2.24) is 0 Å². The number of hydrogen-bond acceptors (Lipinski definition) is 7. The maximum Gasteiger partial charge on any atom is 0.375 e. The van der Waals surface area contributed by atoms with Crippen molar-refractivity contribution >= 4 is 16.1 Å². The first-order chi connectivity index (χ1) is 13.9. The summed E-state index contributed by atoms with van der Waals surface area (Å²) in [6, 6.07) is 11.9. The van der Waals surface area contributed by atoms with Crippen molar-refractivity contribution in [2.45, 2.75) is 42.5 Å². The summed E-state index contributed by atoms with van der Waals surface area (Å²) in [5.74, 6) is -0.801. The Kier molecular flexibility index (Phi) is 4.90. The number of rotatable bonds is 6. The molecule has 3 atom stereocenters. The molecule has 3 unspecified atom stereocenters.